The molecular weight excluding hydrogens is 432 g/mol. The van der Waals surface area contributed by atoms with Crippen LogP contribution in [0.15, 0.2) is 21.7 Å². The second-order valence-electron chi connectivity index (χ2n) is 3.02. The molecule has 0 aliphatic carbocycles. The number of anilines is 1. The average molecular weight is 437 g/mol. The number of nitrogens with zero attached hydrogens (tertiary/aromatic N) is 1. The fourth-order valence-corrected chi connectivity index (χ4v) is 2.22. The summed E-state index contributed by atoms with van der Waals surface area (Å²) in [6.07, 6.45) is -4.81. The van der Waals surface area contributed by atoms with Gasteiger partial charge in [0.2, 0.25) is 0 Å². The minimum absolute atomic E-state index is 0.102. The number of hydrazone groups is 1. The molecule has 0 bridgehead atoms. The molecule has 0 fully saturated rings. The molecule has 0 aliphatic heterocycles. The van der Waals surface area contributed by atoms with Gasteiger partial charge in [-0.2, -0.15) is 18.3 Å². The minimum Gasteiger partial charge on any atom is -0.507 e. The molecule has 0 amide bonds. The van der Waals surface area contributed by atoms with Crippen molar-refractivity contribution in [1.29, 1.82) is 0 Å². The molecule has 4 nitrogen and oxygen atoms in total. The Morgan fingerprint density at radius 3 is 2.67 bits per heavy atom. The first kappa shape index (κ1) is 15.2. The minimum atomic E-state index is -4.94. The molecule has 1 aromatic rings. The summed E-state index contributed by atoms with van der Waals surface area (Å²) in [4.78, 5) is 10.5. The van der Waals surface area contributed by atoms with Crippen molar-refractivity contribution >= 4 is 56.2 Å². The van der Waals surface area contributed by atoms with E-state index in [9.17, 15) is 23.1 Å². The second kappa shape index (κ2) is 5.87. The van der Waals surface area contributed by atoms with Crippen molar-refractivity contribution in [3.8, 4) is 5.75 Å². The first-order valence-electron chi connectivity index (χ1n) is 4.30. The summed E-state index contributed by atoms with van der Waals surface area (Å²) in [5.74, 6) is -2.17. The van der Waals surface area contributed by atoms with Gasteiger partial charge in [0.1, 0.15) is 5.75 Å². The zero-order valence-electron chi connectivity index (χ0n) is 8.42. The van der Waals surface area contributed by atoms with Crippen LogP contribution < -0.4 is 5.43 Å². The maximum atomic E-state index is 11.9. The van der Waals surface area contributed by atoms with E-state index in [-0.39, 0.29) is 17.7 Å². The Morgan fingerprint density at radius 2 is 2.11 bits per heavy atom. The van der Waals surface area contributed by atoms with E-state index < -0.39 is 12.0 Å². The van der Waals surface area contributed by atoms with E-state index in [4.69, 9.17) is 0 Å². The summed E-state index contributed by atoms with van der Waals surface area (Å²) in [6.45, 7) is 0. The van der Waals surface area contributed by atoms with E-state index in [2.05, 4.69) is 26.5 Å². The number of ketones is 1. The predicted octanol–water partition coefficient (Wildman–Crippen LogP) is 3.29. The highest BCUT2D eigenvalue weighted by Crippen LogP contribution is 2.31. The average Bonchev–Trinajstić information content (AvgIpc) is 2.23. The molecule has 0 heterocycles. The Labute approximate surface area is 122 Å². The standard InChI is InChI=1S/C9H5BrF3IN2O2/c10-4-1-5(14)6(2-7(4)17)16-15-3-8(18)9(11,12)13/h1-3,16-17H. The van der Waals surface area contributed by atoms with Crippen molar-refractivity contribution in [2.75, 3.05) is 5.43 Å². The lowest BCUT2D eigenvalue weighted by Gasteiger charge is -2.06. The fraction of sp³-hybridized carbons (Fsp3) is 0.111. The van der Waals surface area contributed by atoms with Crippen LogP contribution in [0.25, 0.3) is 0 Å². The Bertz CT molecular complexity index is 505. The number of carbonyl (C=O) groups excluding carboxylic acids is 1. The van der Waals surface area contributed by atoms with Crippen LogP contribution >= 0.6 is 38.5 Å². The van der Waals surface area contributed by atoms with E-state index in [1.807, 2.05) is 22.6 Å². The summed E-state index contributed by atoms with van der Waals surface area (Å²) in [5.41, 5.74) is 2.52. The summed E-state index contributed by atoms with van der Waals surface area (Å²) in [6, 6.07) is 2.81. The monoisotopic (exact) mass is 436 g/mol. The van der Waals surface area contributed by atoms with E-state index in [0.29, 0.717) is 8.04 Å². The van der Waals surface area contributed by atoms with Gasteiger partial charge in [-0.15, -0.1) is 0 Å². The second-order valence-corrected chi connectivity index (χ2v) is 5.03. The summed E-state index contributed by atoms with van der Waals surface area (Å²) < 4.78 is 36.6. The first-order chi connectivity index (χ1) is 8.21. The fourth-order valence-electron chi connectivity index (χ4n) is 0.857. The van der Waals surface area contributed by atoms with Gasteiger partial charge >= 0.3 is 6.18 Å². The number of halogens is 5. The molecule has 0 aromatic heterocycles. The third-order valence-corrected chi connectivity index (χ3v) is 3.21. The smallest absolute Gasteiger partial charge is 0.455 e. The number of nitrogens with one attached hydrogen (secondary N) is 1. The van der Waals surface area contributed by atoms with Gasteiger partial charge in [-0.1, -0.05) is 0 Å². The zero-order chi connectivity index (χ0) is 13.9. The van der Waals surface area contributed by atoms with Gasteiger partial charge in [-0.3, -0.25) is 10.2 Å². The maximum Gasteiger partial charge on any atom is 0.455 e. The Balaban J connectivity index is 2.79. The van der Waals surface area contributed by atoms with Crippen molar-refractivity contribution in [2.45, 2.75) is 6.18 Å². The van der Waals surface area contributed by atoms with Gasteiger partial charge in [0.05, 0.1) is 16.4 Å². The molecule has 0 aliphatic rings. The quantitative estimate of drug-likeness (QED) is 0.434. The molecule has 0 saturated carbocycles. The van der Waals surface area contributed by atoms with Gasteiger partial charge in [-0.05, 0) is 44.6 Å². The lowest BCUT2D eigenvalue weighted by atomic mass is 10.3. The third-order valence-electron chi connectivity index (χ3n) is 1.68. The van der Waals surface area contributed by atoms with Gasteiger partial charge < -0.3 is 5.11 Å². The molecule has 0 spiro atoms. The highest BCUT2D eigenvalue weighted by Gasteiger charge is 2.36. The van der Waals surface area contributed by atoms with E-state index >= 15 is 0 Å². The maximum absolute atomic E-state index is 11.9. The number of benzene rings is 1. The van der Waals surface area contributed by atoms with Gasteiger partial charge in [0, 0.05) is 9.64 Å². The molecule has 1 rings (SSSR count). The van der Waals surface area contributed by atoms with Crippen LogP contribution in [-0.4, -0.2) is 23.3 Å². The molecule has 18 heavy (non-hydrogen) atoms. The number of hydrogen-bond acceptors (Lipinski definition) is 4. The van der Waals surface area contributed by atoms with Gasteiger partial charge in [-0.25, -0.2) is 0 Å². The zero-order valence-corrected chi connectivity index (χ0v) is 12.2. The Morgan fingerprint density at radius 1 is 1.50 bits per heavy atom. The number of phenolic OH excluding ortho intramolecular Hbond substituents is 1. The SMILES string of the molecule is O=C(C=NNc1cc(O)c(Br)cc1I)C(F)(F)F. The van der Waals surface area contributed by atoms with Crippen molar-refractivity contribution < 1.29 is 23.1 Å². The van der Waals surface area contributed by atoms with Crippen LogP contribution in [0, 0.1) is 3.57 Å². The van der Waals surface area contributed by atoms with Crippen LogP contribution in [0.1, 0.15) is 0 Å². The van der Waals surface area contributed by atoms with Crippen molar-refractivity contribution in [2.24, 2.45) is 5.10 Å². The molecular formula is C9H5BrF3IN2O2. The molecule has 98 valence electrons. The number of aromatic hydroxyl groups is 1. The van der Waals surface area contributed by atoms with E-state index in [0.717, 1.165) is 0 Å². The number of carbonyl (C=O) groups is 1. The molecule has 0 radical (unpaired) electrons. The normalized spacial score (nSPS) is 11.8. The molecule has 2 N–H and O–H groups in total. The van der Waals surface area contributed by atoms with E-state index in [1.54, 1.807) is 6.07 Å². The van der Waals surface area contributed by atoms with Crippen molar-refractivity contribution in [1.82, 2.24) is 0 Å². The van der Waals surface area contributed by atoms with Crippen LogP contribution in [0.2, 0.25) is 0 Å². The summed E-state index contributed by atoms with van der Waals surface area (Å²) in [7, 11) is 0. The lowest BCUT2D eigenvalue weighted by Crippen LogP contribution is -2.23. The molecule has 0 atom stereocenters. The highest BCUT2D eigenvalue weighted by atomic mass is 127. The van der Waals surface area contributed by atoms with Crippen LogP contribution in [-0.2, 0) is 4.79 Å². The van der Waals surface area contributed by atoms with E-state index in [1.165, 1.54) is 6.07 Å². The number of rotatable bonds is 3. The lowest BCUT2D eigenvalue weighted by molar-refractivity contribution is -0.162. The summed E-state index contributed by atoms with van der Waals surface area (Å²) in [5, 5.41) is 12.5. The Hall–Kier alpha value is -0.840. The topological polar surface area (TPSA) is 61.7 Å². The third kappa shape index (κ3) is 4.12. The van der Waals surface area contributed by atoms with Crippen LogP contribution in [0.3, 0.4) is 0 Å². The number of phenols is 1. The number of Topliss-reactive ketones (excluding diaryl/α,β-unsaturated/α-hetero) is 1. The van der Waals surface area contributed by atoms with Crippen molar-refractivity contribution in [3.05, 3.63) is 20.2 Å². The molecule has 1 aromatic carbocycles. The predicted molar refractivity (Wildman–Crippen MR) is 71.7 cm³/mol. The molecule has 0 saturated heterocycles. The summed E-state index contributed by atoms with van der Waals surface area (Å²) >= 11 is 4.97. The Kier molecular flexibility index (Phi) is 4.96. The van der Waals surface area contributed by atoms with Crippen molar-refractivity contribution in [3.63, 3.8) is 0 Å². The van der Waals surface area contributed by atoms with Gasteiger partial charge in [0.15, 0.2) is 0 Å². The molecule has 9 heteroatoms. The van der Waals surface area contributed by atoms with Crippen LogP contribution in [0.5, 0.6) is 5.75 Å². The highest BCUT2D eigenvalue weighted by molar-refractivity contribution is 14.1. The number of hydrogen-bond donors (Lipinski definition) is 2. The van der Waals surface area contributed by atoms with Gasteiger partial charge in [0.25, 0.3) is 5.78 Å². The molecule has 0 unspecified atom stereocenters. The van der Waals surface area contributed by atoms with Crippen LogP contribution in [0.4, 0.5) is 18.9 Å². The largest absolute Gasteiger partial charge is 0.507 e. The first-order valence-corrected chi connectivity index (χ1v) is 6.17. The number of alkyl halides is 3.